The van der Waals surface area contributed by atoms with Gasteiger partial charge in [0.1, 0.15) is 18.2 Å². The van der Waals surface area contributed by atoms with Crippen molar-refractivity contribution in [1.29, 1.82) is 0 Å². The Morgan fingerprint density at radius 3 is 2.86 bits per heavy atom. The predicted molar refractivity (Wildman–Crippen MR) is 59.6 cm³/mol. The summed E-state index contributed by atoms with van der Waals surface area (Å²) in [6, 6.07) is 4.85. The maximum Gasteiger partial charge on any atom is 0.129 e. The van der Waals surface area contributed by atoms with E-state index >= 15 is 0 Å². The zero-order chi connectivity index (χ0) is 10.4. The van der Waals surface area contributed by atoms with Gasteiger partial charge in [0, 0.05) is 11.8 Å². The third kappa shape index (κ3) is 3.42. The molecule has 0 fully saturated rings. The first-order valence-corrected chi connectivity index (χ1v) is 5.02. The lowest BCUT2D eigenvalue weighted by molar-refractivity contribution is 0.360. The number of ether oxygens (including phenoxy) is 1. The van der Waals surface area contributed by atoms with Crippen LogP contribution in [0.2, 0.25) is 0 Å². The van der Waals surface area contributed by atoms with Crippen LogP contribution in [0.1, 0.15) is 5.56 Å². The summed E-state index contributed by atoms with van der Waals surface area (Å²) in [5.74, 6) is 1.00. The van der Waals surface area contributed by atoms with Crippen LogP contribution < -0.4 is 4.74 Å². The summed E-state index contributed by atoms with van der Waals surface area (Å²) in [6.45, 7) is 2.17. The Labute approximate surface area is 89.0 Å². The standard InChI is InChI=1S/C11H13FOS/c1-9-4-5-10(8-11(9)12)13-6-2-3-7-14/h2-5,8,14H,6-7H2,1H3/b3-2+. The van der Waals surface area contributed by atoms with E-state index in [0.717, 1.165) is 0 Å². The number of rotatable bonds is 4. The Kier molecular flexibility index (Phi) is 4.53. The van der Waals surface area contributed by atoms with Crippen LogP contribution in [0.25, 0.3) is 0 Å². The van der Waals surface area contributed by atoms with Crippen LogP contribution in [0.15, 0.2) is 30.4 Å². The van der Waals surface area contributed by atoms with Crippen molar-refractivity contribution in [2.45, 2.75) is 6.92 Å². The Balaban J connectivity index is 2.51. The van der Waals surface area contributed by atoms with Crippen LogP contribution in [-0.2, 0) is 0 Å². The zero-order valence-corrected chi connectivity index (χ0v) is 8.93. The van der Waals surface area contributed by atoms with Crippen molar-refractivity contribution < 1.29 is 9.13 Å². The first-order valence-electron chi connectivity index (χ1n) is 4.39. The molecule has 0 saturated carbocycles. The second-order valence-corrected chi connectivity index (χ2v) is 3.24. The highest BCUT2D eigenvalue weighted by Gasteiger charge is 1.98. The average molecular weight is 212 g/mol. The van der Waals surface area contributed by atoms with Crippen molar-refractivity contribution in [1.82, 2.24) is 0 Å². The highest BCUT2D eigenvalue weighted by molar-refractivity contribution is 7.80. The van der Waals surface area contributed by atoms with Gasteiger partial charge < -0.3 is 4.74 Å². The molecule has 0 bridgehead atoms. The number of thiol groups is 1. The number of hydrogen-bond acceptors (Lipinski definition) is 2. The molecule has 0 radical (unpaired) electrons. The van der Waals surface area contributed by atoms with Crippen LogP contribution in [0.4, 0.5) is 4.39 Å². The van der Waals surface area contributed by atoms with Crippen LogP contribution in [0.3, 0.4) is 0 Å². The van der Waals surface area contributed by atoms with Crippen molar-refractivity contribution in [3.8, 4) is 5.75 Å². The van der Waals surface area contributed by atoms with E-state index in [1.165, 1.54) is 6.07 Å². The smallest absolute Gasteiger partial charge is 0.129 e. The van der Waals surface area contributed by atoms with Gasteiger partial charge in [-0.25, -0.2) is 4.39 Å². The molecule has 1 rings (SSSR count). The van der Waals surface area contributed by atoms with E-state index in [1.807, 2.05) is 12.2 Å². The molecular weight excluding hydrogens is 199 g/mol. The van der Waals surface area contributed by atoms with Crippen molar-refractivity contribution in [3.05, 3.63) is 41.7 Å². The number of aryl methyl sites for hydroxylation is 1. The molecule has 1 aromatic carbocycles. The van der Waals surface area contributed by atoms with E-state index in [0.29, 0.717) is 23.7 Å². The van der Waals surface area contributed by atoms with Crippen LogP contribution in [0.5, 0.6) is 5.75 Å². The summed E-state index contributed by atoms with van der Waals surface area (Å²) >= 11 is 4.01. The predicted octanol–water partition coefficient (Wildman–Crippen LogP) is 3.00. The van der Waals surface area contributed by atoms with Crippen molar-refractivity contribution in [2.75, 3.05) is 12.4 Å². The summed E-state index contributed by atoms with van der Waals surface area (Å²) in [4.78, 5) is 0. The summed E-state index contributed by atoms with van der Waals surface area (Å²) < 4.78 is 18.3. The Morgan fingerprint density at radius 1 is 1.43 bits per heavy atom. The fraction of sp³-hybridized carbons (Fsp3) is 0.273. The molecule has 0 aliphatic rings. The van der Waals surface area contributed by atoms with Crippen molar-refractivity contribution >= 4 is 12.6 Å². The molecule has 0 heterocycles. The molecule has 76 valence electrons. The fourth-order valence-electron chi connectivity index (χ4n) is 0.950. The van der Waals surface area contributed by atoms with E-state index in [2.05, 4.69) is 12.6 Å². The molecule has 0 aliphatic heterocycles. The molecule has 1 nitrogen and oxygen atoms in total. The molecule has 1 aromatic rings. The third-order valence-corrected chi connectivity index (χ3v) is 1.97. The van der Waals surface area contributed by atoms with E-state index in [4.69, 9.17) is 4.74 Å². The maximum absolute atomic E-state index is 13.0. The highest BCUT2D eigenvalue weighted by Crippen LogP contribution is 2.15. The summed E-state index contributed by atoms with van der Waals surface area (Å²) in [5, 5.41) is 0. The maximum atomic E-state index is 13.0. The zero-order valence-electron chi connectivity index (χ0n) is 8.03. The van der Waals surface area contributed by atoms with Gasteiger partial charge in [0.15, 0.2) is 0 Å². The second kappa shape index (κ2) is 5.70. The number of hydrogen-bond donors (Lipinski definition) is 1. The summed E-state index contributed by atoms with van der Waals surface area (Å²) in [7, 11) is 0. The molecular formula is C11H13FOS. The Hall–Kier alpha value is -0.960. The molecule has 0 amide bonds. The molecule has 0 aromatic heterocycles. The minimum Gasteiger partial charge on any atom is -0.489 e. The van der Waals surface area contributed by atoms with Crippen LogP contribution in [-0.4, -0.2) is 12.4 Å². The largest absolute Gasteiger partial charge is 0.489 e. The Bertz CT molecular complexity index is 323. The van der Waals surface area contributed by atoms with Crippen molar-refractivity contribution in [2.24, 2.45) is 0 Å². The normalized spacial score (nSPS) is 10.8. The van der Waals surface area contributed by atoms with Gasteiger partial charge in [-0.15, -0.1) is 0 Å². The average Bonchev–Trinajstić information content (AvgIpc) is 2.18. The SMILES string of the molecule is Cc1ccc(OC/C=C/CS)cc1F. The topological polar surface area (TPSA) is 9.23 Å². The third-order valence-electron chi connectivity index (χ3n) is 1.76. The minimum absolute atomic E-state index is 0.235. The van der Waals surface area contributed by atoms with Crippen LogP contribution in [0, 0.1) is 12.7 Å². The molecule has 0 saturated heterocycles. The summed E-state index contributed by atoms with van der Waals surface area (Å²) in [5.41, 5.74) is 0.628. The van der Waals surface area contributed by atoms with Crippen LogP contribution >= 0.6 is 12.6 Å². The molecule has 0 atom stereocenters. The second-order valence-electron chi connectivity index (χ2n) is 2.88. The first-order chi connectivity index (χ1) is 6.74. The lowest BCUT2D eigenvalue weighted by Gasteiger charge is -2.03. The molecule has 0 unspecified atom stereocenters. The lowest BCUT2D eigenvalue weighted by atomic mass is 10.2. The quantitative estimate of drug-likeness (QED) is 0.596. The highest BCUT2D eigenvalue weighted by atomic mass is 32.1. The number of benzene rings is 1. The van der Waals surface area contributed by atoms with Gasteiger partial charge in [0.05, 0.1) is 0 Å². The molecule has 0 spiro atoms. The van der Waals surface area contributed by atoms with Gasteiger partial charge >= 0.3 is 0 Å². The summed E-state index contributed by atoms with van der Waals surface area (Å²) in [6.07, 6.45) is 3.73. The van der Waals surface area contributed by atoms with Gasteiger partial charge in [0.25, 0.3) is 0 Å². The molecule has 3 heteroatoms. The van der Waals surface area contributed by atoms with E-state index in [1.54, 1.807) is 19.1 Å². The fourth-order valence-corrected chi connectivity index (χ4v) is 1.10. The van der Waals surface area contributed by atoms with Crippen molar-refractivity contribution in [3.63, 3.8) is 0 Å². The van der Waals surface area contributed by atoms with E-state index < -0.39 is 0 Å². The minimum atomic E-state index is -0.235. The van der Waals surface area contributed by atoms with Gasteiger partial charge in [-0.3, -0.25) is 0 Å². The molecule has 14 heavy (non-hydrogen) atoms. The molecule has 0 N–H and O–H groups in total. The van der Waals surface area contributed by atoms with Gasteiger partial charge in [-0.05, 0) is 18.6 Å². The van der Waals surface area contributed by atoms with Gasteiger partial charge in [-0.1, -0.05) is 18.2 Å². The van der Waals surface area contributed by atoms with E-state index in [9.17, 15) is 4.39 Å². The van der Waals surface area contributed by atoms with Gasteiger partial charge in [0.2, 0.25) is 0 Å². The Morgan fingerprint density at radius 2 is 2.21 bits per heavy atom. The van der Waals surface area contributed by atoms with E-state index in [-0.39, 0.29) is 5.82 Å². The molecule has 0 aliphatic carbocycles. The monoisotopic (exact) mass is 212 g/mol. The van der Waals surface area contributed by atoms with Gasteiger partial charge in [-0.2, -0.15) is 12.6 Å². The first kappa shape index (κ1) is 11.1. The lowest BCUT2D eigenvalue weighted by Crippen LogP contribution is -1.94. The number of halogens is 1.